The van der Waals surface area contributed by atoms with Crippen molar-refractivity contribution in [2.24, 2.45) is 0 Å². The Labute approximate surface area is 125 Å². The smallest absolute Gasteiger partial charge is 0.169 e. The minimum absolute atomic E-state index is 0.163. The molecule has 0 saturated carbocycles. The fourth-order valence-electron chi connectivity index (χ4n) is 2.34. The Morgan fingerprint density at radius 3 is 2.60 bits per heavy atom. The van der Waals surface area contributed by atoms with Crippen molar-refractivity contribution in [3.05, 3.63) is 35.6 Å². The van der Waals surface area contributed by atoms with Gasteiger partial charge in [0, 0.05) is 38.8 Å². The van der Waals surface area contributed by atoms with Gasteiger partial charge in [-0.3, -0.25) is 4.90 Å². The highest BCUT2D eigenvalue weighted by Crippen LogP contribution is 2.10. The maximum absolute atomic E-state index is 13.2. The second-order valence-electron chi connectivity index (χ2n) is 5.50. The first kappa shape index (κ1) is 15.2. The Morgan fingerprint density at radius 1 is 1.30 bits per heavy atom. The van der Waals surface area contributed by atoms with E-state index in [-0.39, 0.29) is 5.82 Å². The lowest BCUT2D eigenvalue weighted by Gasteiger charge is -2.36. The molecular formula is C15H22FN3S. The molecule has 0 unspecified atom stereocenters. The summed E-state index contributed by atoms with van der Waals surface area (Å²) in [5.74, 6) is -0.163. The second-order valence-corrected chi connectivity index (χ2v) is 5.88. The Kier molecular flexibility index (Phi) is 5.31. The van der Waals surface area contributed by atoms with Crippen molar-refractivity contribution >= 4 is 17.3 Å². The van der Waals surface area contributed by atoms with Crippen LogP contribution < -0.4 is 5.32 Å². The monoisotopic (exact) mass is 295 g/mol. The van der Waals surface area contributed by atoms with Gasteiger partial charge in [-0.15, -0.1) is 0 Å². The van der Waals surface area contributed by atoms with Gasteiger partial charge < -0.3 is 10.2 Å². The number of piperazine rings is 1. The average molecular weight is 295 g/mol. The molecule has 0 radical (unpaired) electrons. The van der Waals surface area contributed by atoms with E-state index in [1.165, 1.54) is 6.07 Å². The summed E-state index contributed by atoms with van der Waals surface area (Å²) in [5.41, 5.74) is 1.03. The Morgan fingerprint density at radius 2 is 2.00 bits per heavy atom. The molecule has 0 spiro atoms. The minimum Gasteiger partial charge on any atom is -0.360 e. The van der Waals surface area contributed by atoms with Crippen LogP contribution in [-0.2, 0) is 6.54 Å². The molecule has 5 heteroatoms. The number of hydrogen-bond acceptors (Lipinski definition) is 2. The summed E-state index contributed by atoms with van der Waals surface area (Å²) in [4.78, 5) is 4.54. The Bertz CT molecular complexity index is 456. The van der Waals surface area contributed by atoms with Crippen LogP contribution in [0.5, 0.6) is 0 Å². The van der Waals surface area contributed by atoms with Crippen molar-refractivity contribution in [2.45, 2.75) is 26.4 Å². The number of halogens is 1. The van der Waals surface area contributed by atoms with Gasteiger partial charge in [0.1, 0.15) is 5.82 Å². The van der Waals surface area contributed by atoms with Crippen molar-refractivity contribution in [3.8, 4) is 0 Å². The van der Waals surface area contributed by atoms with E-state index in [1.54, 1.807) is 12.1 Å². The van der Waals surface area contributed by atoms with Crippen LogP contribution in [0.2, 0.25) is 0 Å². The van der Waals surface area contributed by atoms with E-state index in [2.05, 4.69) is 29.0 Å². The van der Waals surface area contributed by atoms with Gasteiger partial charge in [-0.1, -0.05) is 12.1 Å². The van der Waals surface area contributed by atoms with E-state index in [0.717, 1.165) is 43.4 Å². The number of nitrogens with zero attached hydrogens (tertiary/aromatic N) is 2. The maximum atomic E-state index is 13.2. The molecule has 1 aliphatic rings. The number of benzene rings is 1. The molecule has 0 aromatic heterocycles. The summed E-state index contributed by atoms with van der Waals surface area (Å²) in [6, 6.07) is 7.20. The predicted octanol–water partition coefficient (Wildman–Crippen LogP) is 2.23. The molecular weight excluding hydrogens is 273 g/mol. The predicted molar refractivity (Wildman–Crippen MR) is 84.1 cm³/mol. The molecule has 1 saturated heterocycles. The highest BCUT2D eigenvalue weighted by Gasteiger charge is 2.19. The minimum atomic E-state index is -0.163. The zero-order valence-corrected chi connectivity index (χ0v) is 12.9. The van der Waals surface area contributed by atoms with Crippen molar-refractivity contribution in [3.63, 3.8) is 0 Å². The van der Waals surface area contributed by atoms with Crippen molar-refractivity contribution in [1.29, 1.82) is 0 Å². The van der Waals surface area contributed by atoms with E-state index < -0.39 is 0 Å². The molecule has 110 valence electrons. The molecule has 1 aliphatic heterocycles. The zero-order valence-electron chi connectivity index (χ0n) is 12.1. The highest BCUT2D eigenvalue weighted by molar-refractivity contribution is 7.80. The van der Waals surface area contributed by atoms with Gasteiger partial charge in [-0.25, -0.2) is 4.39 Å². The first-order valence-corrected chi connectivity index (χ1v) is 7.47. The largest absolute Gasteiger partial charge is 0.360 e. The standard InChI is InChI=1S/C15H22FN3S/c1-12(2)17-15(20)19-8-6-18(7-9-19)11-13-4-3-5-14(16)10-13/h3-5,10,12H,6-9,11H2,1-2H3,(H,17,20). The molecule has 0 aliphatic carbocycles. The third-order valence-electron chi connectivity index (χ3n) is 3.37. The van der Waals surface area contributed by atoms with Crippen LogP contribution in [0.15, 0.2) is 24.3 Å². The lowest BCUT2D eigenvalue weighted by Crippen LogP contribution is -2.52. The lowest BCUT2D eigenvalue weighted by atomic mass is 10.2. The molecule has 1 heterocycles. The molecule has 1 N–H and O–H groups in total. The second kappa shape index (κ2) is 6.99. The molecule has 1 fully saturated rings. The molecule has 3 nitrogen and oxygen atoms in total. The van der Waals surface area contributed by atoms with E-state index in [4.69, 9.17) is 12.2 Å². The van der Waals surface area contributed by atoms with Crippen LogP contribution in [0.4, 0.5) is 4.39 Å². The van der Waals surface area contributed by atoms with Crippen LogP contribution >= 0.6 is 12.2 Å². The van der Waals surface area contributed by atoms with E-state index in [0.29, 0.717) is 6.04 Å². The van der Waals surface area contributed by atoms with E-state index in [9.17, 15) is 4.39 Å². The van der Waals surface area contributed by atoms with E-state index >= 15 is 0 Å². The topological polar surface area (TPSA) is 18.5 Å². The highest BCUT2D eigenvalue weighted by atomic mass is 32.1. The van der Waals surface area contributed by atoms with Crippen molar-refractivity contribution in [2.75, 3.05) is 26.2 Å². The summed E-state index contributed by atoms with van der Waals surface area (Å²) in [6.07, 6.45) is 0. The number of nitrogens with one attached hydrogen (secondary N) is 1. The molecule has 1 aromatic carbocycles. The fourth-order valence-corrected chi connectivity index (χ4v) is 2.76. The van der Waals surface area contributed by atoms with Crippen LogP contribution in [0.25, 0.3) is 0 Å². The van der Waals surface area contributed by atoms with Crippen molar-refractivity contribution < 1.29 is 4.39 Å². The molecule has 2 rings (SSSR count). The summed E-state index contributed by atoms with van der Waals surface area (Å²) < 4.78 is 13.2. The van der Waals surface area contributed by atoms with Crippen LogP contribution in [0.1, 0.15) is 19.4 Å². The number of hydrogen-bond donors (Lipinski definition) is 1. The quantitative estimate of drug-likeness (QED) is 0.862. The Balaban J connectivity index is 1.81. The van der Waals surface area contributed by atoms with Gasteiger partial charge in [-0.2, -0.15) is 0 Å². The van der Waals surface area contributed by atoms with Crippen LogP contribution in [0.3, 0.4) is 0 Å². The SMILES string of the molecule is CC(C)NC(=S)N1CCN(Cc2cccc(F)c2)CC1. The molecule has 0 amide bonds. The van der Waals surface area contributed by atoms with Gasteiger partial charge in [-0.05, 0) is 43.8 Å². The summed E-state index contributed by atoms with van der Waals surface area (Å²) in [6.45, 7) is 8.74. The lowest BCUT2D eigenvalue weighted by molar-refractivity contribution is 0.174. The van der Waals surface area contributed by atoms with Crippen LogP contribution in [0, 0.1) is 5.82 Å². The number of rotatable bonds is 3. The maximum Gasteiger partial charge on any atom is 0.169 e. The summed E-state index contributed by atoms with van der Waals surface area (Å²) in [5, 5.41) is 4.11. The molecule has 0 atom stereocenters. The van der Waals surface area contributed by atoms with E-state index in [1.807, 2.05) is 6.07 Å². The third-order valence-corrected chi connectivity index (χ3v) is 3.74. The Hall–Kier alpha value is -1.20. The van der Waals surface area contributed by atoms with Crippen molar-refractivity contribution in [1.82, 2.24) is 15.1 Å². The third kappa shape index (κ3) is 4.42. The summed E-state index contributed by atoms with van der Waals surface area (Å²) in [7, 11) is 0. The average Bonchev–Trinajstić information content (AvgIpc) is 2.38. The molecule has 20 heavy (non-hydrogen) atoms. The zero-order chi connectivity index (χ0) is 14.5. The summed E-state index contributed by atoms with van der Waals surface area (Å²) >= 11 is 5.38. The van der Waals surface area contributed by atoms with Gasteiger partial charge in [0.2, 0.25) is 0 Å². The fraction of sp³-hybridized carbons (Fsp3) is 0.533. The molecule has 0 bridgehead atoms. The molecule has 1 aromatic rings. The first-order valence-electron chi connectivity index (χ1n) is 7.07. The van der Waals surface area contributed by atoms with Gasteiger partial charge >= 0.3 is 0 Å². The van der Waals surface area contributed by atoms with Gasteiger partial charge in [0.05, 0.1) is 0 Å². The van der Waals surface area contributed by atoms with Crippen LogP contribution in [-0.4, -0.2) is 47.1 Å². The first-order chi connectivity index (χ1) is 9.54. The number of thiocarbonyl (C=S) groups is 1. The van der Waals surface area contributed by atoms with Gasteiger partial charge in [0.25, 0.3) is 0 Å². The normalized spacial score (nSPS) is 16.5. The van der Waals surface area contributed by atoms with Gasteiger partial charge in [0.15, 0.2) is 5.11 Å².